The average Bonchev–Trinajstić information content (AvgIpc) is 2.41. The Morgan fingerprint density at radius 3 is 2.32 bits per heavy atom. The Morgan fingerprint density at radius 2 is 1.68 bits per heavy atom. The van der Waals surface area contributed by atoms with Crippen LogP contribution in [0.3, 0.4) is 0 Å². The summed E-state index contributed by atoms with van der Waals surface area (Å²) in [7, 11) is 0. The Hall–Kier alpha value is -2.29. The zero-order valence-corrected chi connectivity index (χ0v) is 10.9. The molecule has 0 spiro atoms. The fraction of sp³-hybridized carbons (Fsp3) is 0.188. The van der Waals surface area contributed by atoms with Crippen LogP contribution in [0.4, 0.5) is 5.69 Å². The van der Waals surface area contributed by atoms with E-state index >= 15 is 0 Å². The van der Waals surface area contributed by atoms with Crippen molar-refractivity contribution >= 4 is 11.6 Å². The van der Waals surface area contributed by atoms with E-state index < -0.39 is 0 Å². The largest absolute Gasteiger partial charge is 0.508 e. The molecule has 3 nitrogen and oxygen atoms in total. The van der Waals surface area contributed by atoms with Crippen molar-refractivity contribution in [2.75, 3.05) is 5.32 Å². The lowest BCUT2D eigenvalue weighted by molar-refractivity contribution is -0.116. The molecule has 0 unspecified atom stereocenters. The zero-order chi connectivity index (χ0) is 13.7. The third-order valence-corrected chi connectivity index (χ3v) is 2.91. The highest BCUT2D eigenvalue weighted by Crippen LogP contribution is 2.14. The molecule has 2 aromatic rings. The van der Waals surface area contributed by atoms with Crippen molar-refractivity contribution in [1.82, 2.24) is 0 Å². The minimum absolute atomic E-state index is 0.0220. The Bertz CT molecular complexity index is 544. The minimum Gasteiger partial charge on any atom is -0.508 e. The minimum atomic E-state index is -0.0220. The molecule has 0 aliphatic heterocycles. The van der Waals surface area contributed by atoms with E-state index in [1.165, 1.54) is 5.56 Å². The molecule has 0 atom stereocenters. The number of nitrogens with one attached hydrogen (secondary N) is 1. The number of anilines is 1. The molecule has 3 heteroatoms. The second kappa shape index (κ2) is 6.05. The van der Waals surface area contributed by atoms with Crippen LogP contribution < -0.4 is 5.32 Å². The van der Waals surface area contributed by atoms with E-state index in [1.54, 1.807) is 24.3 Å². The fourth-order valence-corrected chi connectivity index (χ4v) is 1.78. The van der Waals surface area contributed by atoms with E-state index in [0.29, 0.717) is 12.1 Å². The van der Waals surface area contributed by atoms with Gasteiger partial charge in [0.1, 0.15) is 5.75 Å². The van der Waals surface area contributed by atoms with Crippen LogP contribution in [0.15, 0.2) is 48.5 Å². The van der Waals surface area contributed by atoms with Crippen molar-refractivity contribution in [1.29, 1.82) is 0 Å². The first-order valence-electron chi connectivity index (χ1n) is 6.28. The second-order valence-electron chi connectivity index (χ2n) is 4.58. The molecule has 0 heterocycles. The van der Waals surface area contributed by atoms with Gasteiger partial charge in [0.15, 0.2) is 0 Å². The van der Waals surface area contributed by atoms with Gasteiger partial charge in [0.2, 0.25) is 5.91 Å². The third-order valence-electron chi connectivity index (χ3n) is 2.91. The normalized spacial score (nSPS) is 10.2. The number of hydrogen-bond acceptors (Lipinski definition) is 2. The van der Waals surface area contributed by atoms with E-state index in [1.807, 2.05) is 31.2 Å². The maximum atomic E-state index is 11.8. The summed E-state index contributed by atoms with van der Waals surface area (Å²) in [5.41, 5.74) is 3.08. The van der Waals surface area contributed by atoms with Gasteiger partial charge in [0, 0.05) is 12.1 Å². The van der Waals surface area contributed by atoms with Crippen LogP contribution in [0.2, 0.25) is 0 Å². The number of hydrogen-bond donors (Lipinski definition) is 2. The highest BCUT2D eigenvalue weighted by atomic mass is 16.3. The molecule has 0 aliphatic rings. The van der Waals surface area contributed by atoms with Gasteiger partial charge >= 0.3 is 0 Å². The molecule has 19 heavy (non-hydrogen) atoms. The van der Waals surface area contributed by atoms with Crippen molar-refractivity contribution in [3.63, 3.8) is 0 Å². The molecule has 0 saturated heterocycles. The lowest BCUT2D eigenvalue weighted by Gasteiger charge is -2.05. The zero-order valence-electron chi connectivity index (χ0n) is 10.9. The van der Waals surface area contributed by atoms with Crippen LogP contribution in [0, 0.1) is 6.92 Å². The molecule has 0 aliphatic carbocycles. The van der Waals surface area contributed by atoms with Crippen LogP contribution in [-0.4, -0.2) is 11.0 Å². The summed E-state index contributed by atoms with van der Waals surface area (Å²) in [6, 6.07) is 14.6. The molecule has 98 valence electrons. The van der Waals surface area contributed by atoms with E-state index in [0.717, 1.165) is 12.0 Å². The van der Waals surface area contributed by atoms with Crippen molar-refractivity contribution < 1.29 is 9.90 Å². The molecular formula is C16H17NO2. The van der Waals surface area contributed by atoms with E-state index in [9.17, 15) is 4.79 Å². The standard InChI is InChI=1S/C16H17NO2/c1-12-2-4-13(5-3-12)6-11-16(19)17-14-7-9-15(18)10-8-14/h2-5,7-10,18H,6,11H2,1H3,(H,17,19). The van der Waals surface area contributed by atoms with Gasteiger partial charge < -0.3 is 10.4 Å². The smallest absolute Gasteiger partial charge is 0.224 e. The summed E-state index contributed by atoms with van der Waals surface area (Å²) < 4.78 is 0. The molecule has 1 amide bonds. The van der Waals surface area contributed by atoms with E-state index in [-0.39, 0.29) is 11.7 Å². The monoisotopic (exact) mass is 255 g/mol. The number of amides is 1. The van der Waals surface area contributed by atoms with E-state index in [4.69, 9.17) is 5.11 Å². The Morgan fingerprint density at radius 1 is 1.05 bits per heavy atom. The molecule has 0 aromatic heterocycles. The number of carbonyl (C=O) groups excluding carboxylic acids is 1. The van der Waals surface area contributed by atoms with Gasteiger partial charge in [-0.2, -0.15) is 0 Å². The Labute approximate surface area is 112 Å². The summed E-state index contributed by atoms with van der Waals surface area (Å²) in [4.78, 5) is 11.8. The average molecular weight is 255 g/mol. The summed E-state index contributed by atoms with van der Waals surface area (Å²) in [5, 5.41) is 12.0. The van der Waals surface area contributed by atoms with Gasteiger partial charge in [0.05, 0.1) is 0 Å². The van der Waals surface area contributed by atoms with Crippen LogP contribution in [0.1, 0.15) is 17.5 Å². The molecular weight excluding hydrogens is 238 g/mol. The van der Waals surface area contributed by atoms with Gasteiger partial charge in [-0.05, 0) is 43.2 Å². The number of rotatable bonds is 4. The first kappa shape index (κ1) is 13.1. The molecule has 2 N–H and O–H groups in total. The highest BCUT2D eigenvalue weighted by molar-refractivity contribution is 5.90. The maximum Gasteiger partial charge on any atom is 0.224 e. The lowest BCUT2D eigenvalue weighted by atomic mass is 10.1. The Balaban J connectivity index is 1.84. The van der Waals surface area contributed by atoms with Crippen molar-refractivity contribution in [3.8, 4) is 5.75 Å². The molecule has 0 saturated carbocycles. The topological polar surface area (TPSA) is 49.3 Å². The predicted octanol–water partition coefficient (Wildman–Crippen LogP) is 3.27. The quantitative estimate of drug-likeness (QED) is 0.824. The fourth-order valence-electron chi connectivity index (χ4n) is 1.78. The van der Waals surface area contributed by atoms with Crippen molar-refractivity contribution in [3.05, 3.63) is 59.7 Å². The first-order chi connectivity index (χ1) is 9.13. The SMILES string of the molecule is Cc1ccc(CCC(=O)Nc2ccc(O)cc2)cc1. The molecule has 2 rings (SSSR count). The van der Waals surface area contributed by atoms with Crippen LogP contribution >= 0.6 is 0 Å². The lowest BCUT2D eigenvalue weighted by Crippen LogP contribution is -2.12. The van der Waals surface area contributed by atoms with Gasteiger partial charge in [-0.3, -0.25) is 4.79 Å². The number of carbonyl (C=O) groups is 1. The maximum absolute atomic E-state index is 11.8. The van der Waals surface area contributed by atoms with Gasteiger partial charge in [-0.25, -0.2) is 0 Å². The molecule has 0 fully saturated rings. The first-order valence-corrected chi connectivity index (χ1v) is 6.28. The summed E-state index contributed by atoms with van der Waals surface area (Å²) in [6.45, 7) is 2.04. The molecule has 2 aromatic carbocycles. The third kappa shape index (κ3) is 4.14. The van der Waals surface area contributed by atoms with Crippen LogP contribution in [0.25, 0.3) is 0 Å². The van der Waals surface area contributed by atoms with E-state index in [2.05, 4.69) is 5.32 Å². The predicted molar refractivity (Wildman–Crippen MR) is 76.2 cm³/mol. The number of aryl methyl sites for hydroxylation is 2. The van der Waals surface area contributed by atoms with Crippen LogP contribution in [0.5, 0.6) is 5.75 Å². The summed E-state index contributed by atoms with van der Waals surface area (Å²) in [5.74, 6) is 0.170. The van der Waals surface area contributed by atoms with Gasteiger partial charge in [0.25, 0.3) is 0 Å². The summed E-state index contributed by atoms with van der Waals surface area (Å²) in [6.07, 6.45) is 1.17. The van der Waals surface area contributed by atoms with Crippen molar-refractivity contribution in [2.24, 2.45) is 0 Å². The number of phenolic OH excluding ortho intramolecular Hbond substituents is 1. The number of benzene rings is 2. The molecule has 0 bridgehead atoms. The second-order valence-corrected chi connectivity index (χ2v) is 4.58. The van der Waals surface area contributed by atoms with Gasteiger partial charge in [-0.1, -0.05) is 29.8 Å². The van der Waals surface area contributed by atoms with Crippen LogP contribution in [-0.2, 0) is 11.2 Å². The van der Waals surface area contributed by atoms with Gasteiger partial charge in [-0.15, -0.1) is 0 Å². The number of aromatic hydroxyl groups is 1. The highest BCUT2D eigenvalue weighted by Gasteiger charge is 2.03. The molecule has 0 radical (unpaired) electrons. The number of phenols is 1. The summed E-state index contributed by atoms with van der Waals surface area (Å²) >= 11 is 0. The Kier molecular flexibility index (Phi) is 4.18. The van der Waals surface area contributed by atoms with Crippen molar-refractivity contribution in [2.45, 2.75) is 19.8 Å².